The lowest BCUT2D eigenvalue weighted by Crippen LogP contribution is -2.34. The maximum Gasteiger partial charge on any atom is 0.251 e. The summed E-state index contributed by atoms with van der Waals surface area (Å²) in [4.78, 5) is 12.0. The lowest BCUT2D eigenvalue weighted by atomic mass is 9.88. The lowest BCUT2D eigenvalue weighted by molar-refractivity contribution is 0.0932. The first-order chi connectivity index (χ1) is 8.85. The second kappa shape index (κ2) is 6.66. The molecule has 0 atom stereocenters. The van der Waals surface area contributed by atoms with E-state index in [0.717, 1.165) is 12.0 Å². The zero-order valence-electron chi connectivity index (χ0n) is 11.8. The molecular weight excluding hydrogens is 245 g/mol. The van der Waals surface area contributed by atoms with Crippen molar-refractivity contribution in [1.82, 2.24) is 5.32 Å². The van der Waals surface area contributed by atoms with E-state index < -0.39 is 5.82 Å². The quantitative estimate of drug-likeness (QED) is 0.832. The van der Waals surface area contributed by atoms with Crippen molar-refractivity contribution in [3.05, 3.63) is 35.1 Å². The minimum atomic E-state index is -0.407. The molecule has 0 aliphatic carbocycles. The fourth-order valence-electron chi connectivity index (χ4n) is 1.90. The van der Waals surface area contributed by atoms with Crippen molar-refractivity contribution in [2.24, 2.45) is 5.41 Å². The highest BCUT2D eigenvalue weighted by atomic mass is 19.1. The molecule has 0 saturated carbocycles. The normalized spacial score (nSPS) is 11.4. The molecule has 0 aromatic heterocycles. The van der Waals surface area contributed by atoms with Crippen LogP contribution in [0.5, 0.6) is 0 Å². The number of nitrogens with one attached hydrogen (secondary N) is 1. The van der Waals surface area contributed by atoms with E-state index in [1.807, 2.05) is 13.8 Å². The van der Waals surface area contributed by atoms with Gasteiger partial charge in [-0.1, -0.05) is 19.9 Å². The van der Waals surface area contributed by atoms with E-state index in [2.05, 4.69) is 5.32 Å². The van der Waals surface area contributed by atoms with Gasteiger partial charge in [0.05, 0.1) is 0 Å². The van der Waals surface area contributed by atoms with E-state index in [9.17, 15) is 9.18 Å². The van der Waals surface area contributed by atoms with E-state index >= 15 is 0 Å². The molecule has 1 aromatic rings. The molecule has 0 bridgehead atoms. The summed E-state index contributed by atoms with van der Waals surface area (Å²) in [6, 6.07) is 4.20. The highest BCUT2D eigenvalue weighted by Crippen LogP contribution is 2.21. The molecule has 0 spiro atoms. The van der Waals surface area contributed by atoms with Gasteiger partial charge in [0.15, 0.2) is 0 Å². The van der Waals surface area contributed by atoms with Gasteiger partial charge >= 0.3 is 0 Å². The van der Waals surface area contributed by atoms with Crippen molar-refractivity contribution in [2.75, 3.05) is 13.2 Å². The third-order valence-electron chi connectivity index (χ3n) is 3.18. The maximum absolute atomic E-state index is 13.1. The molecule has 106 valence electrons. The average molecular weight is 267 g/mol. The number of benzene rings is 1. The summed E-state index contributed by atoms with van der Waals surface area (Å²) in [5, 5.41) is 11.7. The van der Waals surface area contributed by atoms with Gasteiger partial charge < -0.3 is 10.4 Å². The highest BCUT2D eigenvalue weighted by molar-refractivity contribution is 5.95. The standard InChI is InChI=1S/C15H22FNO2/c1-11-5-6-12(16)9-13(11)14(19)17-10-15(2,3)7-4-8-18/h5-6,9,18H,4,7-8,10H2,1-3H3,(H,17,19). The van der Waals surface area contributed by atoms with Crippen LogP contribution in [0.1, 0.15) is 42.6 Å². The Morgan fingerprint density at radius 2 is 2.11 bits per heavy atom. The number of hydrogen-bond donors (Lipinski definition) is 2. The molecule has 2 N–H and O–H groups in total. The molecule has 0 fully saturated rings. The number of aliphatic hydroxyl groups excluding tert-OH is 1. The van der Waals surface area contributed by atoms with Gasteiger partial charge in [-0.05, 0) is 42.9 Å². The van der Waals surface area contributed by atoms with Gasteiger partial charge in [-0.2, -0.15) is 0 Å². The Balaban J connectivity index is 2.62. The predicted octanol–water partition coefficient (Wildman–Crippen LogP) is 2.66. The van der Waals surface area contributed by atoms with Crippen molar-refractivity contribution in [3.63, 3.8) is 0 Å². The summed E-state index contributed by atoms with van der Waals surface area (Å²) in [6.07, 6.45) is 1.54. The number of hydrogen-bond acceptors (Lipinski definition) is 2. The molecule has 1 amide bonds. The minimum Gasteiger partial charge on any atom is -0.396 e. The first-order valence-electron chi connectivity index (χ1n) is 6.51. The Labute approximate surface area is 113 Å². The Hall–Kier alpha value is -1.42. The lowest BCUT2D eigenvalue weighted by Gasteiger charge is -2.24. The minimum absolute atomic E-state index is 0.0837. The molecule has 0 unspecified atom stereocenters. The molecular formula is C15H22FNO2. The van der Waals surface area contributed by atoms with E-state index in [0.29, 0.717) is 18.5 Å². The highest BCUT2D eigenvalue weighted by Gasteiger charge is 2.19. The molecule has 0 aliphatic heterocycles. The molecule has 3 nitrogen and oxygen atoms in total. The van der Waals surface area contributed by atoms with Crippen LogP contribution in [0.4, 0.5) is 4.39 Å². The zero-order valence-corrected chi connectivity index (χ0v) is 11.8. The topological polar surface area (TPSA) is 49.3 Å². The summed E-state index contributed by atoms with van der Waals surface area (Å²) < 4.78 is 13.1. The van der Waals surface area contributed by atoms with Gasteiger partial charge in [-0.15, -0.1) is 0 Å². The number of amides is 1. The van der Waals surface area contributed by atoms with Gasteiger partial charge in [0.25, 0.3) is 5.91 Å². The Morgan fingerprint density at radius 1 is 1.42 bits per heavy atom. The number of carbonyl (C=O) groups is 1. The largest absolute Gasteiger partial charge is 0.396 e. The Morgan fingerprint density at radius 3 is 2.74 bits per heavy atom. The summed E-state index contributed by atoms with van der Waals surface area (Å²) in [5.74, 6) is -0.663. The van der Waals surface area contributed by atoms with Crippen LogP contribution in [0.3, 0.4) is 0 Å². The summed E-state index contributed by atoms with van der Waals surface area (Å²) in [5.41, 5.74) is 1.05. The van der Waals surface area contributed by atoms with Crippen molar-refractivity contribution >= 4 is 5.91 Å². The van der Waals surface area contributed by atoms with Crippen molar-refractivity contribution in [1.29, 1.82) is 0 Å². The monoisotopic (exact) mass is 267 g/mol. The number of aryl methyl sites for hydroxylation is 1. The van der Waals surface area contributed by atoms with Gasteiger partial charge in [0.1, 0.15) is 5.82 Å². The SMILES string of the molecule is Cc1ccc(F)cc1C(=O)NCC(C)(C)CCCO. The van der Waals surface area contributed by atoms with Gasteiger partial charge in [0.2, 0.25) is 0 Å². The fraction of sp³-hybridized carbons (Fsp3) is 0.533. The van der Waals surface area contributed by atoms with Crippen molar-refractivity contribution < 1.29 is 14.3 Å². The molecule has 0 saturated heterocycles. The molecule has 1 rings (SSSR count). The second-order valence-electron chi connectivity index (χ2n) is 5.63. The number of carbonyl (C=O) groups excluding carboxylic acids is 1. The van der Waals surface area contributed by atoms with Crippen LogP contribution in [0.2, 0.25) is 0 Å². The van der Waals surface area contributed by atoms with Crippen LogP contribution in [-0.4, -0.2) is 24.2 Å². The first-order valence-corrected chi connectivity index (χ1v) is 6.51. The maximum atomic E-state index is 13.1. The van der Waals surface area contributed by atoms with Crippen molar-refractivity contribution in [2.45, 2.75) is 33.6 Å². The van der Waals surface area contributed by atoms with Crippen LogP contribution in [0.25, 0.3) is 0 Å². The van der Waals surface area contributed by atoms with Gasteiger partial charge in [0, 0.05) is 18.7 Å². The van der Waals surface area contributed by atoms with E-state index in [-0.39, 0.29) is 17.9 Å². The first kappa shape index (κ1) is 15.6. The Bertz CT molecular complexity index is 444. The zero-order chi connectivity index (χ0) is 14.5. The summed E-state index contributed by atoms with van der Waals surface area (Å²) in [7, 11) is 0. The molecule has 0 heterocycles. The van der Waals surface area contributed by atoms with Gasteiger partial charge in [-0.3, -0.25) is 4.79 Å². The predicted molar refractivity (Wildman–Crippen MR) is 73.6 cm³/mol. The molecule has 0 aliphatic rings. The molecule has 0 radical (unpaired) electrons. The number of aliphatic hydroxyl groups is 1. The van der Waals surface area contributed by atoms with E-state index in [4.69, 9.17) is 5.11 Å². The number of halogens is 1. The van der Waals surface area contributed by atoms with Crippen LogP contribution >= 0.6 is 0 Å². The van der Waals surface area contributed by atoms with E-state index in [1.54, 1.807) is 13.0 Å². The average Bonchev–Trinajstić information content (AvgIpc) is 2.36. The molecule has 1 aromatic carbocycles. The fourth-order valence-corrected chi connectivity index (χ4v) is 1.90. The summed E-state index contributed by atoms with van der Waals surface area (Å²) >= 11 is 0. The van der Waals surface area contributed by atoms with Crippen LogP contribution < -0.4 is 5.32 Å². The van der Waals surface area contributed by atoms with E-state index in [1.165, 1.54) is 12.1 Å². The second-order valence-corrected chi connectivity index (χ2v) is 5.63. The molecule has 4 heteroatoms. The Kier molecular flexibility index (Phi) is 5.48. The van der Waals surface area contributed by atoms with Gasteiger partial charge in [-0.25, -0.2) is 4.39 Å². The van der Waals surface area contributed by atoms with Crippen LogP contribution in [0.15, 0.2) is 18.2 Å². The van der Waals surface area contributed by atoms with Crippen LogP contribution in [0, 0.1) is 18.2 Å². The summed E-state index contributed by atoms with van der Waals surface area (Å²) in [6.45, 7) is 6.50. The van der Waals surface area contributed by atoms with Crippen LogP contribution in [-0.2, 0) is 0 Å². The number of rotatable bonds is 6. The smallest absolute Gasteiger partial charge is 0.251 e. The third kappa shape index (κ3) is 4.99. The van der Waals surface area contributed by atoms with Crippen molar-refractivity contribution in [3.8, 4) is 0 Å². The molecule has 19 heavy (non-hydrogen) atoms. The third-order valence-corrected chi connectivity index (χ3v) is 3.18.